The van der Waals surface area contributed by atoms with E-state index in [9.17, 15) is 4.79 Å². The molecule has 4 heteroatoms. The molecule has 0 aromatic rings. The van der Waals surface area contributed by atoms with Crippen LogP contribution in [0, 0.1) is 0 Å². The van der Waals surface area contributed by atoms with Crippen molar-refractivity contribution in [1.29, 1.82) is 0 Å². The van der Waals surface area contributed by atoms with E-state index in [-0.39, 0.29) is 24.5 Å². The van der Waals surface area contributed by atoms with Gasteiger partial charge < -0.3 is 14.2 Å². The highest BCUT2D eigenvalue weighted by atomic mass is 16.7. The van der Waals surface area contributed by atoms with Gasteiger partial charge in [0.25, 0.3) is 0 Å². The summed E-state index contributed by atoms with van der Waals surface area (Å²) in [4.78, 5) is 11.5. The van der Waals surface area contributed by atoms with E-state index in [1.54, 1.807) is 0 Å². The molecule has 0 spiro atoms. The summed E-state index contributed by atoms with van der Waals surface area (Å²) in [5, 5.41) is 0. The van der Waals surface area contributed by atoms with Gasteiger partial charge in [0.15, 0.2) is 6.29 Å². The van der Waals surface area contributed by atoms with Gasteiger partial charge in [0.1, 0.15) is 0 Å². The smallest absolute Gasteiger partial charge is 0.306 e. The van der Waals surface area contributed by atoms with Crippen molar-refractivity contribution in [3.63, 3.8) is 0 Å². The number of carbonyl (C=O) groups excluding carboxylic acids is 1. The van der Waals surface area contributed by atoms with Gasteiger partial charge in [0.05, 0.1) is 12.2 Å². The Labute approximate surface area is 122 Å². The number of hydrogen-bond donors (Lipinski definition) is 0. The molecule has 0 amide bonds. The normalized spacial score (nSPS) is 20.6. The van der Waals surface area contributed by atoms with E-state index in [0.29, 0.717) is 6.42 Å². The molecule has 1 rings (SSSR count). The Morgan fingerprint density at radius 2 is 2.25 bits per heavy atom. The fourth-order valence-corrected chi connectivity index (χ4v) is 2.26. The molecule has 0 radical (unpaired) electrons. The van der Waals surface area contributed by atoms with Gasteiger partial charge in [-0.15, -0.1) is 6.58 Å². The molecule has 1 fully saturated rings. The molecule has 2 unspecified atom stereocenters. The standard InChI is InChI=1S/C16H28O4/c1-4-8-14(20-16-11-5-6-12-18-16)9-7-10-15(17)19-13(2)3/h4,13-14,16H,1,5-12H2,2-3H3. The number of ether oxygens (including phenoxy) is 3. The third kappa shape index (κ3) is 7.65. The molecule has 116 valence electrons. The monoisotopic (exact) mass is 284 g/mol. The van der Waals surface area contributed by atoms with Crippen LogP contribution in [0.15, 0.2) is 12.7 Å². The van der Waals surface area contributed by atoms with Gasteiger partial charge in [-0.25, -0.2) is 0 Å². The van der Waals surface area contributed by atoms with Crippen LogP contribution in [-0.2, 0) is 19.0 Å². The highest BCUT2D eigenvalue weighted by Gasteiger charge is 2.19. The van der Waals surface area contributed by atoms with Crippen LogP contribution >= 0.6 is 0 Å². The van der Waals surface area contributed by atoms with Crippen molar-refractivity contribution < 1.29 is 19.0 Å². The van der Waals surface area contributed by atoms with Crippen LogP contribution < -0.4 is 0 Å². The Bertz CT molecular complexity index is 282. The summed E-state index contributed by atoms with van der Waals surface area (Å²) < 4.78 is 16.7. The van der Waals surface area contributed by atoms with Crippen LogP contribution in [0.3, 0.4) is 0 Å². The molecule has 1 aliphatic rings. The molecule has 20 heavy (non-hydrogen) atoms. The predicted molar refractivity (Wildman–Crippen MR) is 78.4 cm³/mol. The molecule has 0 saturated carbocycles. The third-order valence-corrected chi connectivity index (χ3v) is 3.19. The van der Waals surface area contributed by atoms with E-state index < -0.39 is 0 Å². The summed E-state index contributed by atoms with van der Waals surface area (Å²) in [6, 6.07) is 0. The molecule has 1 saturated heterocycles. The summed E-state index contributed by atoms with van der Waals surface area (Å²) in [6.45, 7) is 8.27. The van der Waals surface area contributed by atoms with Crippen molar-refractivity contribution >= 4 is 5.97 Å². The highest BCUT2D eigenvalue weighted by molar-refractivity contribution is 5.69. The van der Waals surface area contributed by atoms with Crippen molar-refractivity contribution in [3.8, 4) is 0 Å². The minimum absolute atomic E-state index is 0.0432. The SMILES string of the molecule is C=CCC(CCCC(=O)OC(C)C)OC1CCCCO1. The maximum Gasteiger partial charge on any atom is 0.306 e. The summed E-state index contributed by atoms with van der Waals surface area (Å²) in [7, 11) is 0. The predicted octanol–water partition coefficient (Wildman–Crippen LogP) is 3.60. The fraction of sp³-hybridized carbons (Fsp3) is 0.812. The molecule has 2 atom stereocenters. The molecular formula is C16H28O4. The Kier molecular flexibility index (Phi) is 8.54. The van der Waals surface area contributed by atoms with Crippen LogP contribution in [0.25, 0.3) is 0 Å². The molecule has 0 aliphatic carbocycles. The maximum atomic E-state index is 11.5. The first kappa shape index (κ1) is 17.2. The largest absolute Gasteiger partial charge is 0.463 e. The Morgan fingerprint density at radius 3 is 2.85 bits per heavy atom. The molecule has 1 heterocycles. The van der Waals surface area contributed by atoms with Crippen LogP contribution in [-0.4, -0.2) is 31.1 Å². The Hall–Kier alpha value is -0.870. The highest BCUT2D eigenvalue weighted by Crippen LogP contribution is 2.19. The molecular weight excluding hydrogens is 256 g/mol. The van der Waals surface area contributed by atoms with Crippen molar-refractivity contribution in [2.24, 2.45) is 0 Å². The fourth-order valence-electron chi connectivity index (χ4n) is 2.26. The van der Waals surface area contributed by atoms with Gasteiger partial charge in [-0.05, 0) is 52.4 Å². The van der Waals surface area contributed by atoms with E-state index in [1.807, 2.05) is 19.9 Å². The second-order valence-corrected chi connectivity index (χ2v) is 5.51. The van der Waals surface area contributed by atoms with Crippen molar-refractivity contribution in [2.75, 3.05) is 6.61 Å². The van der Waals surface area contributed by atoms with Crippen LogP contribution in [0.4, 0.5) is 0 Å². The van der Waals surface area contributed by atoms with Crippen LogP contribution in [0.5, 0.6) is 0 Å². The number of rotatable bonds is 9. The lowest BCUT2D eigenvalue weighted by Gasteiger charge is -2.27. The number of carbonyl (C=O) groups is 1. The molecule has 0 aromatic heterocycles. The molecule has 0 aromatic carbocycles. The van der Waals surface area contributed by atoms with Gasteiger partial charge in [0.2, 0.25) is 0 Å². The van der Waals surface area contributed by atoms with Crippen LogP contribution in [0.1, 0.15) is 58.8 Å². The van der Waals surface area contributed by atoms with Gasteiger partial charge in [-0.3, -0.25) is 4.79 Å². The number of esters is 1. The number of hydrogen-bond acceptors (Lipinski definition) is 4. The van der Waals surface area contributed by atoms with Crippen molar-refractivity contribution in [2.45, 2.75) is 77.3 Å². The zero-order valence-electron chi connectivity index (χ0n) is 12.8. The average molecular weight is 284 g/mol. The molecule has 1 aliphatic heterocycles. The zero-order valence-corrected chi connectivity index (χ0v) is 12.8. The lowest BCUT2D eigenvalue weighted by atomic mass is 10.1. The lowest BCUT2D eigenvalue weighted by Crippen LogP contribution is -2.28. The maximum absolute atomic E-state index is 11.5. The van der Waals surface area contributed by atoms with Gasteiger partial charge in [0, 0.05) is 13.0 Å². The van der Waals surface area contributed by atoms with E-state index in [1.165, 1.54) is 0 Å². The van der Waals surface area contributed by atoms with Crippen molar-refractivity contribution in [1.82, 2.24) is 0 Å². The Morgan fingerprint density at radius 1 is 1.45 bits per heavy atom. The molecule has 0 bridgehead atoms. The summed E-state index contributed by atoms with van der Waals surface area (Å²) >= 11 is 0. The van der Waals surface area contributed by atoms with E-state index in [4.69, 9.17) is 14.2 Å². The quantitative estimate of drug-likeness (QED) is 0.479. The van der Waals surface area contributed by atoms with Crippen LogP contribution in [0.2, 0.25) is 0 Å². The topological polar surface area (TPSA) is 44.8 Å². The van der Waals surface area contributed by atoms with Gasteiger partial charge >= 0.3 is 5.97 Å². The second-order valence-electron chi connectivity index (χ2n) is 5.51. The van der Waals surface area contributed by atoms with Crippen molar-refractivity contribution in [3.05, 3.63) is 12.7 Å². The van der Waals surface area contributed by atoms with E-state index >= 15 is 0 Å². The minimum atomic E-state index is -0.133. The van der Waals surface area contributed by atoms with E-state index in [0.717, 1.165) is 45.1 Å². The summed E-state index contributed by atoms with van der Waals surface area (Å²) in [5.74, 6) is -0.133. The minimum Gasteiger partial charge on any atom is -0.463 e. The van der Waals surface area contributed by atoms with Gasteiger partial charge in [-0.2, -0.15) is 0 Å². The molecule has 0 N–H and O–H groups in total. The first-order chi connectivity index (χ1) is 9.61. The summed E-state index contributed by atoms with van der Waals surface area (Å²) in [6.07, 6.45) is 7.90. The summed E-state index contributed by atoms with van der Waals surface area (Å²) in [5.41, 5.74) is 0. The van der Waals surface area contributed by atoms with E-state index in [2.05, 4.69) is 6.58 Å². The first-order valence-electron chi connectivity index (χ1n) is 7.69. The average Bonchev–Trinajstić information content (AvgIpc) is 2.39. The zero-order chi connectivity index (χ0) is 14.8. The van der Waals surface area contributed by atoms with Gasteiger partial charge in [-0.1, -0.05) is 6.08 Å². The Balaban J connectivity index is 2.23. The lowest BCUT2D eigenvalue weighted by molar-refractivity contribution is -0.188. The second kappa shape index (κ2) is 9.94. The first-order valence-corrected chi connectivity index (χ1v) is 7.69. The molecule has 4 nitrogen and oxygen atoms in total. The third-order valence-electron chi connectivity index (χ3n) is 3.19.